The minimum atomic E-state index is -1.35. The van der Waals surface area contributed by atoms with Gasteiger partial charge in [-0.2, -0.15) is 0 Å². The maximum Gasteiger partial charge on any atom is 0.324 e. The standard InChI is InChI=1S/C35H46N6O6/c1-25(33(45)41-19-12-7-13-20-41)37-32(44)30(23-27-16-10-6-11-17-27)39(3)34(46)29(18-21-42)38-35(47)40(4)31(43)24-28(36-2)22-26-14-8-5-9-15-26/h5-6,8-11,14-17,21,24-25,29-30,36H,7,12-13,18-20,22-23H2,1-4H3,(H,37,44)(H,38,47)/b28-24-/t25-,29-,30-/m0/s1. The molecular formula is C35H46N6O6. The molecule has 1 heterocycles. The fourth-order valence-corrected chi connectivity index (χ4v) is 5.34. The van der Waals surface area contributed by atoms with Gasteiger partial charge in [-0.25, -0.2) is 4.79 Å². The highest BCUT2D eigenvalue weighted by molar-refractivity contribution is 6.02. The van der Waals surface area contributed by atoms with Crippen LogP contribution in [-0.4, -0.2) is 103 Å². The molecule has 0 bridgehead atoms. The molecule has 2 aromatic carbocycles. The molecule has 6 amide bonds. The number of rotatable bonds is 14. The molecule has 0 saturated carbocycles. The predicted molar refractivity (Wildman–Crippen MR) is 178 cm³/mol. The summed E-state index contributed by atoms with van der Waals surface area (Å²) in [6, 6.07) is 14.4. The molecule has 252 valence electrons. The number of likely N-dealkylation sites (tertiary alicyclic amines) is 1. The van der Waals surface area contributed by atoms with Crippen molar-refractivity contribution >= 4 is 35.9 Å². The summed E-state index contributed by atoms with van der Waals surface area (Å²) in [5.41, 5.74) is 2.31. The van der Waals surface area contributed by atoms with Gasteiger partial charge in [-0.05, 0) is 37.3 Å². The monoisotopic (exact) mass is 646 g/mol. The van der Waals surface area contributed by atoms with Crippen LogP contribution in [0.2, 0.25) is 0 Å². The van der Waals surface area contributed by atoms with Gasteiger partial charge in [-0.1, -0.05) is 60.7 Å². The molecule has 0 aliphatic carbocycles. The highest BCUT2D eigenvalue weighted by Crippen LogP contribution is 2.14. The van der Waals surface area contributed by atoms with E-state index in [9.17, 15) is 28.8 Å². The third-order valence-corrected chi connectivity index (χ3v) is 8.21. The molecule has 1 aliphatic rings. The number of hydrogen-bond donors (Lipinski definition) is 3. The molecule has 1 saturated heterocycles. The van der Waals surface area contributed by atoms with E-state index in [0.29, 0.717) is 31.5 Å². The largest absolute Gasteiger partial charge is 0.391 e. The molecule has 0 aromatic heterocycles. The van der Waals surface area contributed by atoms with Crippen molar-refractivity contribution in [1.82, 2.24) is 30.7 Å². The van der Waals surface area contributed by atoms with Crippen LogP contribution in [0, 0.1) is 0 Å². The first-order valence-corrected chi connectivity index (χ1v) is 15.9. The van der Waals surface area contributed by atoms with E-state index in [1.165, 1.54) is 25.1 Å². The van der Waals surface area contributed by atoms with Gasteiger partial charge in [0.15, 0.2) is 0 Å². The van der Waals surface area contributed by atoms with Crippen LogP contribution in [0.3, 0.4) is 0 Å². The van der Waals surface area contributed by atoms with E-state index < -0.39 is 41.9 Å². The molecular weight excluding hydrogens is 600 g/mol. The topological polar surface area (TPSA) is 148 Å². The van der Waals surface area contributed by atoms with Crippen molar-refractivity contribution in [2.45, 2.75) is 63.6 Å². The lowest BCUT2D eigenvalue weighted by atomic mass is 10.0. The Balaban J connectivity index is 1.74. The summed E-state index contributed by atoms with van der Waals surface area (Å²) in [7, 11) is 4.35. The van der Waals surface area contributed by atoms with Crippen molar-refractivity contribution in [2.24, 2.45) is 0 Å². The molecule has 3 atom stereocenters. The van der Waals surface area contributed by atoms with Gasteiger partial charge in [0.25, 0.3) is 5.91 Å². The number of nitrogens with one attached hydrogen (secondary N) is 3. The SMILES string of the molecule is CN/C(=C\C(=O)N(C)C(=O)N[C@@H](CC=O)C(=O)N(C)[C@@H](Cc1ccccc1)C(=O)N[C@@H](C)C(=O)N1CCCCC1)Cc1ccccc1. The quantitative estimate of drug-likeness (QED) is 0.210. The lowest BCUT2D eigenvalue weighted by Crippen LogP contribution is -2.58. The number of likely N-dealkylation sites (N-methyl/N-ethyl adjacent to an activating group) is 3. The predicted octanol–water partition coefficient (Wildman–Crippen LogP) is 2.04. The Morgan fingerprint density at radius 3 is 2.04 bits per heavy atom. The average Bonchev–Trinajstić information content (AvgIpc) is 3.09. The van der Waals surface area contributed by atoms with Gasteiger partial charge in [0.05, 0.1) is 0 Å². The van der Waals surface area contributed by atoms with Crippen molar-refractivity contribution in [3.8, 4) is 0 Å². The molecule has 12 nitrogen and oxygen atoms in total. The third kappa shape index (κ3) is 10.8. The van der Waals surface area contributed by atoms with Gasteiger partial charge < -0.3 is 30.5 Å². The number of benzene rings is 2. The Labute approximate surface area is 276 Å². The molecule has 0 radical (unpaired) electrons. The Bertz CT molecular complexity index is 1410. The van der Waals surface area contributed by atoms with E-state index >= 15 is 0 Å². The smallest absolute Gasteiger partial charge is 0.324 e. The summed E-state index contributed by atoms with van der Waals surface area (Å²) in [6.07, 6.45) is 4.83. The summed E-state index contributed by atoms with van der Waals surface area (Å²) >= 11 is 0. The Morgan fingerprint density at radius 1 is 0.872 bits per heavy atom. The van der Waals surface area contributed by atoms with Crippen LogP contribution in [0.15, 0.2) is 72.4 Å². The molecule has 0 spiro atoms. The lowest BCUT2D eigenvalue weighted by molar-refractivity contribution is -0.142. The molecule has 1 aliphatic heterocycles. The zero-order chi connectivity index (χ0) is 34.3. The van der Waals surface area contributed by atoms with Gasteiger partial charge in [0.2, 0.25) is 17.7 Å². The van der Waals surface area contributed by atoms with Gasteiger partial charge in [0.1, 0.15) is 24.4 Å². The Morgan fingerprint density at radius 2 is 1.47 bits per heavy atom. The van der Waals surface area contributed by atoms with E-state index in [2.05, 4.69) is 16.0 Å². The maximum atomic E-state index is 13.8. The maximum absolute atomic E-state index is 13.8. The van der Waals surface area contributed by atoms with Crippen molar-refractivity contribution in [2.75, 3.05) is 34.2 Å². The summed E-state index contributed by atoms with van der Waals surface area (Å²) in [6.45, 7) is 2.88. The number of imide groups is 1. The number of carbonyl (C=O) groups is 6. The second-order valence-corrected chi connectivity index (χ2v) is 11.7. The molecule has 2 aromatic rings. The molecule has 3 rings (SSSR count). The number of carbonyl (C=O) groups excluding carboxylic acids is 6. The van der Waals surface area contributed by atoms with Gasteiger partial charge >= 0.3 is 6.03 Å². The van der Waals surface area contributed by atoms with Crippen LogP contribution >= 0.6 is 0 Å². The number of hydrogen-bond acceptors (Lipinski definition) is 7. The summed E-state index contributed by atoms with van der Waals surface area (Å²) < 4.78 is 0. The van der Waals surface area contributed by atoms with Crippen LogP contribution in [0.25, 0.3) is 0 Å². The highest BCUT2D eigenvalue weighted by Gasteiger charge is 2.35. The molecule has 1 fully saturated rings. The Kier molecular flexibility index (Phi) is 14.1. The highest BCUT2D eigenvalue weighted by atomic mass is 16.2. The zero-order valence-electron chi connectivity index (χ0n) is 27.6. The van der Waals surface area contributed by atoms with E-state index in [1.807, 2.05) is 60.7 Å². The lowest BCUT2D eigenvalue weighted by Gasteiger charge is -2.33. The van der Waals surface area contributed by atoms with Crippen LogP contribution in [0.5, 0.6) is 0 Å². The number of aldehydes is 1. The average molecular weight is 647 g/mol. The second-order valence-electron chi connectivity index (χ2n) is 11.7. The van der Waals surface area contributed by atoms with Crippen molar-refractivity contribution in [1.29, 1.82) is 0 Å². The molecule has 0 unspecified atom stereocenters. The van der Waals surface area contributed by atoms with Crippen LogP contribution in [0.1, 0.15) is 43.7 Å². The first-order valence-electron chi connectivity index (χ1n) is 15.9. The van der Waals surface area contributed by atoms with Crippen molar-refractivity contribution in [3.63, 3.8) is 0 Å². The van der Waals surface area contributed by atoms with E-state index in [1.54, 1.807) is 18.9 Å². The van der Waals surface area contributed by atoms with E-state index in [0.717, 1.165) is 35.3 Å². The summed E-state index contributed by atoms with van der Waals surface area (Å²) in [5, 5.41) is 8.22. The third-order valence-electron chi connectivity index (χ3n) is 8.21. The first-order chi connectivity index (χ1) is 22.5. The van der Waals surface area contributed by atoms with Crippen molar-refractivity contribution in [3.05, 3.63) is 83.6 Å². The minimum absolute atomic E-state index is 0.124. The number of amides is 6. The van der Waals surface area contributed by atoms with Crippen LogP contribution < -0.4 is 16.0 Å². The molecule has 12 heteroatoms. The van der Waals surface area contributed by atoms with E-state index in [4.69, 9.17) is 0 Å². The first kappa shape index (κ1) is 36.5. The molecule has 47 heavy (non-hydrogen) atoms. The number of piperidine rings is 1. The van der Waals surface area contributed by atoms with Gasteiger partial charge in [-0.15, -0.1) is 0 Å². The van der Waals surface area contributed by atoms with E-state index in [-0.39, 0.29) is 18.7 Å². The number of urea groups is 1. The normalized spacial score (nSPS) is 15.0. The fraction of sp³-hybridized carbons (Fsp3) is 0.429. The second kappa shape index (κ2) is 18.2. The van der Waals surface area contributed by atoms with Gasteiger partial charge in [0, 0.05) is 65.3 Å². The van der Waals surface area contributed by atoms with Crippen LogP contribution in [-0.2, 0) is 36.8 Å². The molecule has 3 N–H and O–H groups in total. The summed E-state index contributed by atoms with van der Waals surface area (Å²) in [4.78, 5) is 81.9. The zero-order valence-corrected chi connectivity index (χ0v) is 27.6. The summed E-state index contributed by atoms with van der Waals surface area (Å²) in [5.74, 6) is -2.08. The Hall–Kier alpha value is -5.00. The van der Waals surface area contributed by atoms with Gasteiger partial charge in [-0.3, -0.25) is 24.1 Å². The van der Waals surface area contributed by atoms with Crippen LogP contribution in [0.4, 0.5) is 4.79 Å². The minimum Gasteiger partial charge on any atom is -0.391 e. The fourth-order valence-electron chi connectivity index (χ4n) is 5.34. The number of nitrogens with zero attached hydrogens (tertiary/aromatic N) is 3. The van der Waals surface area contributed by atoms with Crippen molar-refractivity contribution < 1.29 is 28.8 Å². The number of allylic oxidation sites excluding steroid dienone is 1.